The summed E-state index contributed by atoms with van der Waals surface area (Å²) in [5, 5.41) is 6.36. The van der Waals surface area contributed by atoms with Gasteiger partial charge in [-0.25, -0.2) is 0 Å². The Balaban J connectivity index is 2.06. The molecule has 1 aromatic carbocycles. The number of carbonyl (C=O) groups is 1. The SMILES string of the molecule is CCC1(C(=O)NCc2cc(OC)ccc2OC)CCCN1. The second-order valence-electron chi connectivity index (χ2n) is 5.33. The molecule has 1 atom stereocenters. The van der Waals surface area contributed by atoms with Crippen LogP contribution in [0, 0.1) is 0 Å². The largest absolute Gasteiger partial charge is 0.497 e. The van der Waals surface area contributed by atoms with Gasteiger partial charge in [0.15, 0.2) is 0 Å². The molecule has 1 fully saturated rings. The molecular formula is C16H24N2O3. The molecule has 21 heavy (non-hydrogen) atoms. The predicted molar refractivity (Wildman–Crippen MR) is 81.7 cm³/mol. The van der Waals surface area contributed by atoms with Crippen molar-refractivity contribution >= 4 is 5.91 Å². The molecule has 1 aliphatic rings. The van der Waals surface area contributed by atoms with E-state index >= 15 is 0 Å². The van der Waals surface area contributed by atoms with Crippen LogP contribution in [0.25, 0.3) is 0 Å². The summed E-state index contributed by atoms with van der Waals surface area (Å²) in [5.74, 6) is 1.57. The lowest BCUT2D eigenvalue weighted by molar-refractivity contribution is -0.127. The number of hydrogen-bond donors (Lipinski definition) is 2. The molecule has 1 aliphatic heterocycles. The second kappa shape index (κ2) is 6.80. The minimum atomic E-state index is -0.411. The van der Waals surface area contributed by atoms with Crippen molar-refractivity contribution in [2.45, 2.75) is 38.3 Å². The third-order valence-electron chi connectivity index (χ3n) is 4.21. The molecule has 0 saturated carbocycles. The van der Waals surface area contributed by atoms with Gasteiger partial charge in [0.25, 0.3) is 0 Å². The Morgan fingerprint density at radius 1 is 1.38 bits per heavy atom. The van der Waals surface area contributed by atoms with Gasteiger partial charge in [-0.2, -0.15) is 0 Å². The van der Waals surface area contributed by atoms with Crippen LogP contribution in [-0.4, -0.2) is 32.2 Å². The Kier molecular flexibility index (Phi) is 5.07. The fraction of sp³-hybridized carbons (Fsp3) is 0.562. The first-order chi connectivity index (χ1) is 10.1. The third-order valence-corrected chi connectivity index (χ3v) is 4.21. The zero-order valence-electron chi connectivity index (χ0n) is 13.0. The number of ether oxygens (including phenoxy) is 2. The van der Waals surface area contributed by atoms with Crippen LogP contribution in [0.3, 0.4) is 0 Å². The van der Waals surface area contributed by atoms with Crippen LogP contribution in [0.5, 0.6) is 11.5 Å². The van der Waals surface area contributed by atoms with Crippen molar-refractivity contribution in [3.05, 3.63) is 23.8 Å². The van der Waals surface area contributed by atoms with Crippen LogP contribution < -0.4 is 20.1 Å². The minimum Gasteiger partial charge on any atom is -0.497 e. The highest BCUT2D eigenvalue weighted by Crippen LogP contribution is 2.26. The molecule has 2 N–H and O–H groups in total. The highest BCUT2D eigenvalue weighted by atomic mass is 16.5. The lowest BCUT2D eigenvalue weighted by Gasteiger charge is -2.26. The van der Waals surface area contributed by atoms with Crippen LogP contribution in [0.2, 0.25) is 0 Å². The van der Waals surface area contributed by atoms with Crippen molar-refractivity contribution in [1.82, 2.24) is 10.6 Å². The minimum absolute atomic E-state index is 0.0624. The maximum absolute atomic E-state index is 12.5. The molecule has 0 bridgehead atoms. The lowest BCUT2D eigenvalue weighted by atomic mass is 9.93. The summed E-state index contributed by atoms with van der Waals surface area (Å²) >= 11 is 0. The van der Waals surface area contributed by atoms with Crippen LogP contribution in [0.4, 0.5) is 0 Å². The molecule has 116 valence electrons. The van der Waals surface area contributed by atoms with Crippen molar-refractivity contribution < 1.29 is 14.3 Å². The third kappa shape index (κ3) is 3.29. The normalized spacial score (nSPS) is 21.1. The van der Waals surface area contributed by atoms with Crippen LogP contribution in [0.15, 0.2) is 18.2 Å². The summed E-state index contributed by atoms with van der Waals surface area (Å²) in [6, 6.07) is 5.58. The Hall–Kier alpha value is -1.75. The monoisotopic (exact) mass is 292 g/mol. The first-order valence-electron chi connectivity index (χ1n) is 7.39. The van der Waals surface area contributed by atoms with Gasteiger partial charge in [-0.15, -0.1) is 0 Å². The van der Waals surface area contributed by atoms with Crippen molar-refractivity contribution in [3.8, 4) is 11.5 Å². The topological polar surface area (TPSA) is 59.6 Å². The summed E-state index contributed by atoms with van der Waals surface area (Å²) in [6.45, 7) is 3.39. The molecule has 0 radical (unpaired) electrons. The quantitative estimate of drug-likeness (QED) is 0.840. The van der Waals surface area contributed by atoms with E-state index in [2.05, 4.69) is 10.6 Å². The average Bonchev–Trinajstić information content (AvgIpc) is 3.02. The highest BCUT2D eigenvalue weighted by molar-refractivity contribution is 5.86. The van der Waals surface area contributed by atoms with E-state index in [1.807, 2.05) is 25.1 Å². The van der Waals surface area contributed by atoms with Gasteiger partial charge in [-0.3, -0.25) is 4.79 Å². The summed E-state index contributed by atoms with van der Waals surface area (Å²) in [6.07, 6.45) is 2.74. The Morgan fingerprint density at radius 2 is 2.19 bits per heavy atom. The Bertz CT molecular complexity index is 496. The smallest absolute Gasteiger partial charge is 0.240 e. The average molecular weight is 292 g/mol. The zero-order chi connectivity index (χ0) is 15.3. The van der Waals surface area contributed by atoms with Gasteiger partial charge in [-0.1, -0.05) is 6.92 Å². The first-order valence-corrected chi connectivity index (χ1v) is 7.39. The molecule has 0 aromatic heterocycles. The maximum atomic E-state index is 12.5. The number of benzene rings is 1. The molecule has 0 spiro atoms. The number of carbonyl (C=O) groups excluding carboxylic acids is 1. The van der Waals surface area contributed by atoms with E-state index in [9.17, 15) is 4.79 Å². The molecule has 1 heterocycles. The fourth-order valence-electron chi connectivity index (χ4n) is 2.83. The van der Waals surface area contributed by atoms with Crippen molar-refractivity contribution in [2.24, 2.45) is 0 Å². The zero-order valence-corrected chi connectivity index (χ0v) is 13.0. The Labute approximate surface area is 126 Å². The number of hydrogen-bond acceptors (Lipinski definition) is 4. The van der Waals surface area contributed by atoms with Crippen molar-refractivity contribution in [3.63, 3.8) is 0 Å². The van der Waals surface area contributed by atoms with Crippen LogP contribution in [0.1, 0.15) is 31.7 Å². The molecule has 1 unspecified atom stereocenters. The van der Waals surface area contributed by atoms with Gasteiger partial charge in [0.2, 0.25) is 5.91 Å². The van der Waals surface area contributed by atoms with E-state index in [4.69, 9.17) is 9.47 Å². The van der Waals surface area contributed by atoms with E-state index in [0.29, 0.717) is 6.54 Å². The summed E-state index contributed by atoms with van der Waals surface area (Å²) in [5.41, 5.74) is 0.501. The second-order valence-corrected chi connectivity index (χ2v) is 5.33. The fourth-order valence-corrected chi connectivity index (χ4v) is 2.83. The van der Waals surface area contributed by atoms with E-state index in [1.54, 1.807) is 14.2 Å². The molecule has 5 nitrogen and oxygen atoms in total. The molecule has 1 amide bonds. The van der Waals surface area contributed by atoms with Gasteiger partial charge < -0.3 is 20.1 Å². The molecule has 0 aliphatic carbocycles. The number of nitrogens with one attached hydrogen (secondary N) is 2. The number of rotatable bonds is 6. The molecular weight excluding hydrogens is 268 g/mol. The highest BCUT2D eigenvalue weighted by Gasteiger charge is 2.38. The van der Waals surface area contributed by atoms with Crippen molar-refractivity contribution in [1.29, 1.82) is 0 Å². The van der Waals surface area contributed by atoms with Gasteiger partial charge in [0, 0.05) is 12.1 Å². The van der Waals surface area contributed by atoms with Crippen molar-refractivity contribution in [2.75, 3.05) is 20.8 Å². The van der Waals surface area contributed by atoms with Gasteiger partial charge >= 0.3 is 0 Å². The predicted octanol–water partition coefficient (Wildman–Crippen LogP) is 1.85. The maximum Gasteiger partial charge on any atom is 0.240 e. The van der Waals surface area contributed by atoms with E-state index in [0.717, 1.165) is 42.9 Å². The van der Waals surface area contributed by atoms with Crippen LogP contribution >= 0.6 is 0 Å². The van der Waals surface area contributed by atoms with Gasteiger partial charge in [-0.05, 0) is 44.0 Å². The Morgan fingerprint density at radius 3 is 2.76 bits per heavy atom. The van der Waals surface area contributed by atoms with E-state index in [-0.39, 0.29) is 5.91 Å². The number of amides is 1. The summed E-state index contributed by atoms with van der Waals surface area (Å²) < 4.78 is 10.6. The van der Waals surface area contributed by atoms with Crippen LogP contribution in [-0.2, 0) is 11.3 Å². The first kappa shape index (κ1) is 15.6. The molecule has 1 aromatic rings. The number of methoxy groups -OCH3 is 2. The molecule has 2 rings (SSSR count). The summed E-state index contributed by atoms with van der Waals surface area (Å²) in [4.78, 5) is 12.5. The standard InChI is InChI=1S/C16H24N2O3/c1-4-16(8-5-9-18-16)15(19)17-11-12-10-13(20-2)6-7-14(12)21-3/h6-7,10,18H,4-5,8-9,11H2,1-3H3,(H,17,19). The van der Waals surface area contributed by atoms with E-state index < -0.39 is 5.54 Å². The molecule has 1 saturated heterocycles. The van der Waals surface area contributed by atoms with Gasteiger partial charge in [0.1, 0.15) is 11.5 Å². The van der Waals surface area contributed by atoms with E-state index in [1.165, 1.54) is 0 Å². The lowest BCUT2D eigenvalue weighted by Crippen LogP contribution is -2.52. The van der Waals surface area contributed by atoms with Gasteiger partial charge in [0.05, 0.1) is 19.8 Å². The summed E-state index contributed by atoms with van der Waals surface area (Å²) in [7, 11) is 3.25. The molecule has 5 heteroatoms.